The van der Waals surface area contributed by atoms with Gasteiger partial charge >= 0.3 is 5.97 Å². The van der Waals surface area contributed by atoms with Crippen LogP contribution < -0.4 is 5.32 Å². The van der Waals surface area contributed by atoms with Crippen molar-refractivity contribution in [3.63, 3.8) is 0 Å². The maximum atomic E-state index is 11.0. The van der Waals surface area contributed by atoms with Gasteiger partial charge in [0.05, 0.1) is 13.0 Å². The van der Waals surface area contributed by atoms with Gasteiger partial charge in [-0.15, -0.1) is 0 Å². The Morgan fingerprint density at radius 1 is 1.57 bits per heavy atom. The molecule has 1 rings (SSSR count). The third-order valence-corrected chi connectivity index (χ3v) is 1.61. The van der Waals surface area contributed by atoms with E-state index < -0.39 is 0 Å². The smallest absolute Gasteiger partial charge is 0.307 e. The summed E-state index contributed by atoms with van der Waals surface area (Å²) in [6.45, 7) is 2.78. The van der Waals surface area contributed by atoms with Crippen molar-refractivity contribution in [1.82, 2.24) is 4.98 Å². The minimum atomic E-state index is -0.184. The second-order valence-electron chi connectivity index (χ2n) is 2.70. The Labute approximate surface area is 83.3 Å². The molecule has 0 bridgehead atoms. The molecule has 1 heterocycles. The molecule has 4 heteroatoms. The number of anilines is 1. The molecule has 0 saturated heterocycles. The summed E-state index contributed by atoms with van der Waals surface area (Å²) >= 11 is 0. The molecule has 0 fully saturated rings. The molecule has 0 atom stereocenters. The Morgan fingerprint density at radius 2 is 2.43 bits per heavy atom. The average Bonchev–Trinajstić information content (AvgIpc) is 2.20. The summed E-state index contributed by atoms with van der Waals surface area (Å²) in [6, 6.07) is 5.58. The number of hydrogen-bond acceptors (Lipinski definition) is 4. The van der Waals surface area contributed by atoms with Gasteiger partial charge in [0.15, 0.2) is 0 Å². The minimum Gasteiger partial charge on any atom is -0.466 e. The lowest BCUT2D eigenvalue weighted by Crippen LogP contribution is -2.11. The van der Waals surface area contributed by atoms with Crippen molar-refractivity contribution in [2.45, 2.75) is 13.3 Å². The molecule has 14 heavy (non-hydrogen) atoms. The maximum Gasteiger partial charge on any atom is 0.307 e. The molecule has 0 saturated carbocycles. The fraction of sp³-hybridized carbons (Fsp3) is 0.400. The van der Waals surface area contributed by atoms with Gasteiger partial charge in [-0.05, 0) is 19.1 Å². The summed E-state index contributed by atoms with van der Waals surface area (Å²) in [5, 5.41) is 3.02. The molecule has 0 amide bonds. The Balaban J connectivity index is 2.19. The molecule has 1 N–H and O–H groups in total. The Kier molecular flexibility index (Phi) is 4.47. The van der Waals surface area contributed by atoms with Crippen LogP contribution in [0.1, 0.15) is 13.3 Å². The van der Waals surface area contributed by atoms with Crippen molar-refractivity contribution >= 4 is 11.8 Å². The molecular formula is C10H14N2O2. The topological polar surface area (TPSA) is 51.2 Å². The van der Waals surface area contributed by atoms with Crippen LogP contribution in [0, 0.1) is 0 Å². The summed E-state index contributed by atoms with van der Waals surface area (Å²) in [5.74, 6) is 0.590. The van der Waals surface area contributed by atoms with E-state index in [1.54, 1.807) is 13.1 Å². The third-order valence-electron chi connectivity index (χ3n) is 1.61. The fourth-order valence-electron chi connectivity index (χ4n) is 0.993. The molecule has 0 aliphatic rings. The Morgan fingerprint density at radius 3 is 3.07 bits per heavy atom. The fourth-order valence-corrected chi connectivity index (χ4v) is 0.993. The van der Waals surface area contributed by atoms with Crippen molar-refractivity contribution in [2.75, 3.05) is 18.5 Å². The highest BCUT2D eigenvalue weighted by molar-refractivity contribution is 5.69. The van der Waals surface area contributed by atoms with Gasteiger partial charge in [-0.25, -0.2) is 4.98 Å². The SMILES string of the molecule is CCOC(=O)CCNc1ccccn1. The molecule has 0 aliphatic carbocycles. The van der Waals surface area contributed by atoms with Gasteiger partial charge in [0.2, 0.25) is 0 Å². The second-order valence-corrected chi connectivity index (χ2v) is 2.70. The van der Waals surface area contributed by atoms with Crippen LogP contribution in [-0.2, 0) is 9.53 Å². The quantitative estimate of drug-likeness (QED) is 0.721. The predicted molar refractivity (Wildman–Crippen MR) is 54.0 cm³/mol. The molecular weight excluding hydrogens is 180 g/mol. The summed E-state index contributed by atoms with van der Waals surface area (Å²) in [5.41, 5.74) is 0. The van der Waals surface area contributed by atoms with Gasteiger partial charge in [0, 0.05) is 12.7 Å². The number of rotatable bonds is 5. The lowest BCUT2D eigenvalue weighted by molar-refractivity contribution is -0.142. The van der Waals surface area contributed by atoms with E-state index in [2.05, 4.69) is 10.3 Å². The van der Waals surface area contributed by atoms with Crippen molar-refractivity contribution < 1.29 is 9.53 Å². The van der Waals surface area contributed by atoms with E-state index in [4.69, 9.17) is 4.74 Å². The zero-order chi connectivity index (χ0) is 10.2. The number of esters is 1. The number of hydrogen-bond donors (Lipinski definition) is 1. The van der Waals surface area contributed by atoms with E-state index in [1.807, 2.05) is 18.2 Å². The highest BCUT2D eigenvalue weighted by Gasteiger charge is 2.00. The lowest BCUT2D eigenvalue weighted by Gasteiger charge is -2.04. The molecule has 4 nitrogen and oxygen atoms in total. The molecule has 1 aromatic heterocycles. The number of pyridine rings is 1. The van der Waals surface area contributed by atoms with Crippen LogP contribution in [0.3, 0.4) is 0 Å². The zero-order valence-corrected chi connectivity index (χ0v) is 8.19. The van der Waals surface area contributed by atoms with Crippen LogP contribution in [0.15, 0.2) is 24.4 Å². The highest BCUT2D eigenvalue weighted by Crippen LogP contribution is 1.99. The molecule has 0 unspecified atom stereocenters. The molecule has 0 radical (unpaired) electrons. The molecule has 0 aromatic carbocycles. The molecule has 1 aromatic rings. The van der Waals surface area contributed by atoms with Crippen LogP contribution >= 0.6 is 0 Å². The molecule has 0 aliphatic heterocycles. The monoisotopic (exact) mass is 194 g/mol. The first-order chi connectivity index (χ1) is 6.83. The first-order valence-corrected chi connectivity index (χ1v) is 4.63. The normalized spacial score (nSPS) is 9.50. The second kappa shape index (κ2) is 5.96. The predicted octanol–water partition coefficient (Wildman–Crippen LogP) is 1.45. The van der Waals surface area contributed by atoms with E-state index in [1.165, 1.54) is 0 Å². The van der Waals surface area contributed by atoms with Crippen LogP contribution in [0.4, 0.5) is 5.82 Å². The van der Waals surface area contributed by atoms with Gasteiger partial charge in [-0.3, -0.25) is 4.79 Å². The van der Waals surface area contributed by atoms with Crippen LogP contribution in [-0.4, -0.2) is 24.1 Å². The number of ether oxygens (including phenoxy) is 1. The third kappa shape index (κ3) is 3.89. The standard InChI is InChI=1S/C10H14N2O2/c1-2-14-10(13)6-8-12-9-5-3-4-7-11-9/h3-5,7H,2,6,8H2,1H3,(H,11,12). The van der Waals surface area contributed by atoms with E-state index in [-0.39, 0.29) is 5.97 Å². The van der Waals surface area contributed by atoms with Crippen molar-refractivity contribution in [1.29, 1.82) is 0 Å². The van der Waals surface area contributed by atoms with Crippen molar-refractivity contribution in [3.05, 3.63) is 24.4 Å². The van der Waals surface area contributed by atoms with E-state index in [9.17, 15) is 4.79 Å². The van der Waals surface area contributed by atoms with Gasteiger partial charge in [-0.1, -0.05) is 6.07 Å². The Hall–Kier alpha value is -1.58. The van der Waals surface area contributed by atoms with Crippen LogP contribution in [0.2, 0.25) is 0 Å². The van der Waals surface area contributed by atoms with E-state index in [0.717, 1.165) is 5.82 Å². The summed E-state index contributed by atoms with van der Waals surface area (Å²) < 4.78 is 4.78. The number of carbonyl (C=O) groups is 1. The number of carbonyl (C=O) groups excluding carboxylic acids is 1. The largest absolute Gasteiger partial charge is 0.466 e. The summed E-state index contributed by atoms with van der Waals surface area (Å²) in [7, 11) is 0. The lowest BCUT2D eigenvalue weighted by atomic mass is 10.4. The number of nitrogens with one attached hydrogen (secondary N) is 1. The van der Waals surface area contributed by atoms with Crippen LogP contribution in [0.25, 0.3) is 0 Å². The highest BCUT2D eigenvalue weighted by atomic mass is 16.5. The van der Waals surface area contributed by atoms with Gasteiger partial charge in [0.25, 0.3) is 0 Å². The first-order valence-electron chi connectivity index (χ1n) is 4.63. The van der Waals surface area contributed by atoms with Crippen LogP contribution in [0.5, 0.6) is 0 Å². The summed E-state index contributed by atoms with van der Waals surface area (Å²) in [6.07, 6.45) is 2.07. The molecule has 0 spiro atoms. The van der Waals surface area contributed by atoms with Crippen molar-refractivity contribution in [2.24, 2.45) is 0 Å². The van der Waals surface area contributed by atoms with Gasteiger partial charge in [-0.2, -0.15) is 0 Å². The molecule has 76 valence electrons. The zero-order valence-electron chi connectivity index (χ0n) is 8.19. The number of nitrogens with zero attached hydrogens (tertiary/aromatic N) is 1. The van der Waals surface area contributed by atoms with Gasteiger partial charge in [0.1, 0.15) is 5.82 Å². The number of aromatic nitrogens is 1. The minimum absolute atomic E-state index is 0.184. The summed E-state index contributed by atoms with van der Waals surface area (Å²) in [4.78, 5) is 15.0. The average molecular weight is 194 g/mol. The van der Waals surface area contributed by atoms with E-state index >= 15 is 0 Å². The van der Waals surface area contributed by atoms with Gasteiger partial charge < -0.3 is 10.1 Å². The first kappa shape index (κ1) is 10.5. The van der Waals surface area contributed by atoms with E-state index in [0.29, 0.717) is 19.6 Å². The maximum absolute atomic E-state index is 11.0. The Bertz CT molecular complexity index is 275. The van der Waals surface area contributed by atoms with Crippen molar-refractivity contribution in [3.8, 4) is 0 Å².